The number of nitrogens with zero attached hydrogens (tertiary/aromatic N) is 4. The van der Waals surface area contributed by atoms with E-state index in [0.717, 1.165) is 12.3 Å². The van der Waals surface area contributed by atoms with E-state index in [1.807, 2.05) is 0 Å². The van der Waals surface area contributed by atoms with E-state index >= 15 is 0 Å². The largest absolute Gasteiger partial charge is 0.493 e. The topological polar surface area (TPSA) is 198 Å². The van der Waals surface area contributed by atoms with Crippen molar-refractivity contribution >= 4 is 15.8 Å². The molecule has 0 saturated carbocycles. The van der Waals surface area contributed by atoms with Crippen LogP contribution in [0.25, 0.3) is 11.4 Å². The van der Waals surface area contributed by atoms with Crippen molar-refractivity contribution in [2.24, 2.45) is 11.5 Å². The van der Waals surface area contributed by atoms with Gasteiger partial charge in [0.1, 0.15) is 0 Å². The first-order valence-electron chi connectivity index (χ1n) is 10.6. The van der Waals surface area contributed by atoms with Gasteiger partial charge < -0.3 is 19.3 Å². The smallest absolute Gasteiger partial charge is 0.280 e. The van der Waals surface area contributed by atoms with Crippen molar-refractivity contribution in [3.63, 3.8) is 0 Å². The fraction of sp³-hybridized carbons (Fsp3) is 0.130. The summed E-state index contributed by atoms with van der Waals surface area (Å²) in [5, 5.41) is 9.33. The number of nitrogens with one attached hydrogen (secondary N) is 1. The predicted octanol–water partition coefficient (Wildman–Crippen LogP) is 1.56. The van der Waals surface area contributed by atoms with Crippen molar-refractivity contribution < 1.29 is 27.7 Å². The van der Waals surface area contributed by atoms with Gasteiger partial charge in [-0.15, -0.1) is 0 Å². The summed E-state index contributed by atoms with van der Waals surface area (Å²) in [6.45, 7) is 0. The third-order valence-corrected chi connectivity index (χ3v) is 6.21. The van der Waals surface area contributed by atoms with Crippen LogP contribution in [0.1, 0.15) is 5.56 Å². The first kappa shape index (κ1) is 25.7. The quantitative estimate of drug-likeness (QED) is 0.230. The average molecular weight is 526 g/mol. The molecular formula is C23H23N7O6S. The Bertz CT molecular complexity index is 1490. The lowest BCUT2D eigenvalue weighted by molar-refractivity contribution is 0.0504. The second-order valence-corrected chi connectivity index (χ2v) is 9.17. The molecule has 0 radical (unpaired) electrons. The molecule has 13 nitrogen and oxygen atoms in total. The Morgan fingerprint density at radius 1 is 0.946 bits per heavy atom. The molecule has 0 fully saturated rings. The van der Waals surface area contributed by atoms with E-state index in [0.29, 0.717) is 11.3 Å². The van der Waals surface area contributed by atoms with Crippen LogP contribution in [-0.2, 0) is 15.9 Å². The van der Waals surface area contributed by atoms with E-state index in [2.05, 4.69) is 24.7 Å². The number of pyridine rings is 2. The fourth-order valence-corrected chi connectivity index (χ4v) is 4.06. The molecule has 37 heavy (non-hydrogen) atoms. The zero-order valence-electron chi connectivity index (χ0n) is 19.7. The van der Waals surface area contributed by atoms with Gasteiger partial charge in [0.05, 0.1) is 14.2 Å². The van der Waals surface area contributed by atoms with Crippen LogP contribution in [0.2, 0.25) is 0 Å². The molecular weight excluding hydrogens is 502 g/mol. The number of hydrogen-bond acceptors (Lipinski definition) is 12. The van der Waals surface area contributed by atoms with E-state index in [-0.39, 0.29) is 34.6 Å². The van der Waals surface area contributed by atoms with Gasteiger partial charge in [-0.3, -0.25) is 21.2 Å². The maximum absolute atomic E-state index is 13.2. The zero-order valence-corrected chi connectivity index (χ0v) is 20.5. The van der Waals surface area contributed by atoms with Crippen molar-refractivity contribution in [1.29, 1.82) is 0 Å². The number of ether oxygens (including phenoxy) is 3. The number of aromatic nitrogens is 4. The first-order valence-corrected chi connectivity index (χ1v) is 12.1. The van der Waals surface area contributed by atoms with Gasteiger partial charge in [-0.25, -0.2) is 9.97 Å². The summed E-state index contributed by atoms with van der Waals surface area (Å²) in [5.41, 5.74) is 11.4. The lowest BCUT2D eigenvalue weighted by Crippen LogP contribution is -2.45. The molecule has 4 aromatic rings. The Morgan fingerprint density at radius 2 is 1.65 bits per heavy atom. The molecule has 0 saturated heterocycles. The summed E-state index contributed by atoms with van der Waals surface area (Å²) in [7, 11) is -1.51. The maximum Gasteiger partial charge on any atom is 0.280 e. The molecule has 0 aliphatic carbocycles. The number of benzene rings is 1. The van der Waals surface area contributed by atoms with Gasteiger partial charge in [-0.1, -0.05) is 12.1 Å². The molecule has 3 aromatic heterocycles. The first-order chi connectivity index (χ1) is 17.6. The second-order valence-electron chi connectivity index (χ2n) is 7.54. The summed E-state index contributed by atoms with van der Waals surface area (Å²) in [4.78, 5) is 16.6. The molecule has 0 unspecified atom stereocenters. The normalized spacial score (nSPS) is 11.6. The summed E-state index contributed by atoms with van der Waals surface area (Å²) < 4.78 is 45.6. The van der Waals surface area contributed by atoms with Gasteiger partial charge in [0.25, 0.3) is 15.9 Å². The summed E-state index contributed by atoms with van der Waals surface area (Å²) in [6.07, 6.45) is 4.12. The van der Waals surface area contributed by atoms with Gasteiger partial charge in [0, 0.05) is 29.7 Å². The van der Waals surface area contributed by atoms with Gasteiger partial charge in [-0.05, 0) is 36.4 Å². The highest BCUT2D eigenvalue weighted by Crippen LogP contribution is 2.41. The number of rotatable bonds is 9. The molecule has 3 heterocycles. The molecule has 192 valence electrons. The van der Waals surface area contributed by atoms with Crippen LogP contribution in [-0.4, -0.2) is 47.7 Å². The van der Waals surface area contributed by atoms with Crippen LogP contribution in [0, 0.1) is 0 Å². The Balaban J connectivity index is 1.83. The second kappa shape index (κ2) is 10.3. The monoisotopic (exact) mass is 525 g/mol. The van der Waals surface area contributed by atoms with Crippen LogP contribution >= 0.6 is 0 Å². The van der Waals surface area contributed by atoms with Gasteiger partial charge in [0.15, 0.2) is 34.0 Å². The number of hydrogen-bond donors (Lipinski definition) is 4. The molecule has 1 aromatic carbocycles. The molecule has 14 heteroatoms. The standard InChI is InChI=1S/C23H23N7O6S/c1-34-16-5-3-4-6-17(16)36-19-21(28-20(29-22(19)35-2)14-9-11-26-12-10-14)30-37(32,33)18-8-7-15(13-27-18)23(24,25)31/h3-13,31H,24-25H2,1-2H3,(H,28,29,30). The van der Waals surface area contributed by atoms with Gasteiger partial charge in [0.2, 0.25) is 5.75 Å². The number of para-hydroxylation sites is 2. The van der Waals surface area contributed by atoms with Crippen molar-refractivity contribution in [2.75, 3.05) is 18.9 Å². The zero-order chi connectivity index (χ0) is 26.6. The Morgan fingerprint density at radius 3 is 2.24 bits per heavy atom. The minimum absolute atomic E-state index is 0.00956. The molecule has 0 aliphatic heterocycles. The van der Waals surface area contributed by atoms with E-state index in [1.165, 1.54) is 32.7 Å². The molecule has 0 bridgehead atoms. The number of sulfonamides is 1. The summed E-state index contributed by atoms with van der Waals surface area (Å²) in [6, 6.07) is 12.4. The van der Waals surface area contributed by atoms with Crippen molar-refractivity contribution in [3.8, 4) is 34.5 Å². The fourth-order valence-electron chi connectivity index (χ4n) is 3.13. The van der Waals surface area contributed by atoms with Crippen LogP contribution < -0.4 is 30.4 Å². The Kier molecular flexibility index (Phi) is 7.17. The Hall–Kier alpha value is -4.37. The molecule has 4 rings (SSSR count). The number of nitrogens with two attached hydrogens (primary N) is 2. The maximum atomic E-state index is 13.2. The minimum Gasteiger partial charge on any atom is -0.493 e. The van der Waals surface area contributed by atoms with E-state index in [9.17, 15) is 13.5 Å². The molecule has 0 atom stereocenters. The minimum atomic E-state index is -4.32. The van der Waals surface area contributed by atoms with Crippen LogP contribution in [0.4, 0.5) is 5.82 Å². The van der Waals surface area contributed by atoms with Crippen LogP contribution in [0.5, 0.6) is 23.1 Å². The predicted molar refractivity (Wildman–Crippen MR) is 132 cm³/mol. The summed E-state index contributed by atoms with van der Waals surface area (Å²) >= 11 is 0. The van der Waals surface area contributed by atoms with Crippen LogP contribution in [0.15, 0.2) is 72.1 Å². The third-order valence-electron chi connectivity index (χ3n) is 4.95. The highest BCUT2D eigenvalue weighted by atomic mass is 32.2. The van der Waals surface area contributed by atoms with Crippen molar-refractivity contribution in [2.45, 2.75) is 10.9 Å². The third kappa shape index (κ3) is 5.73. The number of aliphatic hydroxyl groups is 1. The number of anilines is 1. The highest BCUT2D eigenvalue weighted by molar-refractivity contribution is 7.92. The number of methoxy groups -OCH3 is 2. The van der Waals surface area contributed by atoms with Gasteiger partial charge in [-0.2, -0.15) is 13.4 Å². The molecule has 0 amide bonds. The van der Waals surface area contributed by atoms with E-state index < -0.39 is 20.9 Å². The van der Waals surface area contributed by atoms with Crippen molar-refractivity contribution in [3.05, 3.63) is 72.7 Å². The molecule has 0 aliphatic rings. The highest BCUT2D eigenvalue weighted by Gasteiger charge is 2.26. The van der Waals surface area contributed by atoms with Crippen molar-refractivity contribution in [1.82, 2.24) is 19.9 Å². The molecule has 6 N–H and O–H groups in total. The average Bonchev–Trinajstić information content (AvgIpc) is 2.89. The molecule has 0 spiro atoms. The summed E-state index contributed by atoms with van der Waals surface area (Å²) in [5.74, 6) is -1.80. The van der Waals surface area contributed by atoms with Crippen LogP contribution in [0.3, 0.4) is 0 Å². The Labute approximate surface area is 212 Å². The van der Waals surface area contributed by atoms with E-state index in [1.54, 1.807) is 36.4 Å². The van der Waals surface area contributed by atoms with E-state index in [4.69, 9.17) is 25.7 Å². The lowest BCUT2D eigenvalue weighted by atomic mass is 10.2. The lowest BCUT2D eigenvalue weighted by Gasteiger charge is -2.18. The SMILES string of the molecule is COc1ccccc1Oc1c(NS(=O)(=O)c2ccc(C(N)(N)O)cn2)nc(-c2ccncc2)nc1OC. The van der Waals surface area contributed by atoms with Gasteiger partial charge >= 0.3 is 0 Å².